The highest BCUT2D eigenvalue weighted by Gasteiger charge is 2.09. The Morgan fingerprint density at radius 1 is 1.10 bits per heavy atom. The Balaban J connectivity index is 1.85. The third-order valence-electron chi connectivity index (χ3n) is 3.00. The first-order valence-electron chi connectivity index (χ1n) is 6.40. The lowest BCUT2D eigenvalue weighted by molar-refractivity contribution is 0.102. The SMILES string of the molecule is O=C(Nc1ccccc1F)c1cccc(-n2cccn2)c1. The smallest absolute Gasteiger partial charge is 0.255 e. The molecular weight excluding hydrogens is 269 g/mol. The molecule has 0 spiro atoms. The van der Waals surface area contributed by atoms with Crippen LogP contribution in [0.5, 0.6) is 0 Å². The van der Waals surface area contributed by atoms with Crippen LogP contribution < -0.4 is 5.32 Å². The maximum absolute atomic E-state index is 13.5. The Morgan fingerprint density at radius 3 is 2.71 bits per heavy atom. The zero-order valence-corrected chi connectivity index (χ0v) is 11.0. The van der Waals surface area contributed by atoms with Gasteiger partial charge in [-0.2, -0.15) is 5.10 Å². The number of aromatic nitrogens is 2. The highest BCUT2D eigenvalue weighted by atomic mass is 19.1. The number of halogens is 1. The van der Waals surface area contributed by atoms with Gasteiger partial charge in [-0.05, 0) is 36.4 Å². The minimum absolute atomic E-state index is 0.159. The fourth-order valence-electron chi connectivity index (χ4n) is 1.97. The van der Waals surface area contributed by atoms with Gasteiger partial charge in [0.2, 0.25) is 0 Å². The van der Waals surface area contributed by atoms with Crippen molar-refractivity contribution in [3.05, 3.63) is 78.4 Å². The van der Waals surface area contributed by atoms with Crippen LogP contribution in [0.3, 0.4) is 0 Å². The highest BCUT2D eigenvalue weighted by Crippen LogP contribution is 2.15. The Kier molecular flexibility index (Phi) is 3.47. The molecule has 2 aromatic carbocycles. The summed E-state index contributed by atoms with van der Waals surface area (Å²) in [4.78, 5) is 12.2. The average molecular weight is 281 g/mol. The van der Waals surface area contributed by atoms with Crippen LogP contribution in [0.15, 0.2) is 67.0 Å². The molecule has 5 heteroatoms. The van der Waals surface area contributed by atoms with Crippen LogP contribution in [0.1, 0.15) is 10.4 Å². The molecule has 0 saturated carbocycles. The first-order valence-corrected chi connectivity index (χ1v) is 6.40. The van der Waals surface area contributed by atoms with E-state index >= 15 is 0 Å². The third kappa shape index (κ3) is 2.81. The number of nitrogens with zero attached hydrogens (tertiary/aromatic N) is 2. The molecule has 4 nitrogen and oxygen atoms in total. The van der Waals surface area contributed by atoms with Crippen molar-refractivity contribution in [1.29, 1.82) is 0 Å². The van der Waals surface area contributed by atoms with Crippen molar-refractivity contribution < 1.29 is 9.18 Å². The molecule has 1 amide bonds. The lowest BCUT2D eigenvalue weighted by atomic mass is 10.2. The van der Waals surface area contributed by atoms with Crippen molar-refractivity contribution in [2.24, 2.45) is 0 Å². The minimum Gasteiger partial charge on any atom is -0.319 e. The van der Waals surface area contributed by atoms with Crippen LogP contribution in [-0.4, -0.2) is 15.7 Å². The van der Waals surface area contributed by atoms with E-state index < -0.39 is 5.82 Å². The summed E-state index contributed by atoms with van der Waals surface area (Å²) >= 11 is 0. The van der Waals surface area contributed by atoms with E-state index in [1.165, 1.54) is 12.1 Å². The third-order valence-corrected chi connectivity index (χ3v) is 3.00. The highest BCUT2D eigenvalue weighted by molar-refractivity contribution is 6.04. The van der Waals surface area contributed by atoms with Gasteiger partial charge in [-0.15, -0.1) is 0 Å². The first kappa shape index (κ1) is 13.1. The van der Waals surface area contributed by atoms with E-state index in [1.54, 1.807) is 53.5 Å². The fraction of sp³-hybridized carbons (Fsp3) is 0. The van der Waals surface area contributed by atoms with Crippen molar-refractivity contribution in [3.8, 4) is 5.69 Å². The van der Waals surface area contributed by atoms with E-state index in [0.29, 0.717) is 5.56 Å². The van der Waals surface area contributed by atoms with Crippen molar-refractivity contribution in [2.45, 2.75) is 0 Å². The Hall–Kier alpha value is -2.95. The molecule has 0 aliphatic carbocycles. The molecule has 0 fully saturated rings. The van der Waals surface area contributed by atoms with Gasteiger partial charge >= 0.3 is 0 Å². The lowest BCUT2D eigenvalue weighted by Crippen LogP contribution is -2.13. The molecule has 0 bridgehead atoms. The maximum Gasteiger partial charge on any atom is 0.255 e. The van der Waals surface area contributed by atoms with Gasteiger partial charge in [-0.25, -0.2) is 9.07 Å². The first-order chi connectivity index (χ1) is 10.2. The largest absolute Gasteiger partial charge is 0.319 e. The Bertz CT molecular complexity index is 769. The van der Waals surface area contributed by atoms with Gasteiger partial charge in [-0.3, -0.25) is 4.79 Å². The van der Waals surface area contributed by atoms with E-state index in [1.807, 2.05) is 6.07 Å². The molecule has 3 aromatic rings. The molecule has 21 heavy (non-hydrogen) atoms. The normalized spacial score (nSPS) is 10.3. The fourth-order valence-corrected chi connectivity index (χ4v) is 1.97. The number of amides is 1. The summed E-state index contributed by atoms with van der Waals surface area (Å²) in [6, 6.07) is 14.8. The molecule has 0 unspecified atom stereocenters. The second-order valence-electron chi connectivity index (χ2n) is 4.43. The molecule has 1 N–H and O–H groups in total. The molecule has 104 valence electrons. The van der Waals surface area contributed by atoms with E-state index in [9.17, 15) is 9.18 Å². The standard InChI is InChI=1S/C16H12FN3O/c17-14-7-1-2-8-15(14)19-16(21)12-5-3-6-13(11-12)20-10-4-9-18-20/h1-11H,(H,19,21). The Morgan fingerprint density at radius 2 is 1.95 bits per heavy atom. The number of hydrogen-bond acceptors (Lipinski definition) is 2. The van der Waals surface area contributed by atoms with Gasteiger partial charge in [0.15, 0.2) is 0 Å². The number of carbonyl (C=O) groups excluding carboxylic acids is 1. The number of anilines is 1. The van der Waals surface area contributed by atoms with Gasteiger partial charge in [0.05, 0.1) is 11.4 Å². The predicted molar refractivity (Wildman–Crippen MR) is 77.9 cm³/mol. The summed E-state index contributed by atoms with van der Waals surface area (Å²) in [6.07, 6.45) is 3.44. The zero-order chi connectivity index (χ0) is 14.7. The number of nitrogens with one attached hydrogen (secondary N) is 1. The number of benzene rings is 2. The monoisotopic (exact) mass is 281 g/mol. The van der Waals surface area contributed by atoms with E-state index in [2.05, 4.69) is 10.4 Å². The summed E-state index contributed by atoms with van der Waals surface area (Å²) in [7, 11) is 0. The van der Waals surface area contributed by atoms with Crippen molar-refractivity contribution >= 4 is 11.6 Å². The average Bonchev–Trinajstić information content (AvgIpc) is 3.04. The van der Waals surface area contributed by atoms with Crippen LogP contribution in [0, 0.1) is 5.82 Å². The summed E-state index contributed by atoms with van der Waals surface area (Å²) in [5.74, 6) is -0.830. The van der Waals surface area contributed by atoms with Crippen molar-refractivity contribution in [1.82, 2.24) is 9.78 Å². The molecule has 0 aliphatic heterocycles. The van der Waals surface area contributed by atoms with Crippen LogP contribution >= 0.6 is 0 Å². The second-order valence-corrected chi connectivity index (χ2v) is 4.43. The number of para-hydroxylation sites is 1. The molecule has 3 rings (SSSR count). The van der Waals surface area contributed by atoms with Crippen LogP contribution in [-0.2, 0) is 0 Å². The number of rotatable bonds is 3. The summed E-state index contributed by atoms with van der Waals surface area (Å²) in [6.45, 7) is 0. The van der Waals surface area contributed by atoms with Crippen LogP contribution in [0.25, 0.3) is 5.69 Å². The van der Waals surface area contributed by atoms with Crippen LogP contribution in [0.4, 0.5) is 10.1 Å². The topological polar surface area (TPSA) is 46.9 Å². The summed E-state index contributed by atoms with van der Waals surface area (Å²) < 4.78 is 15.2. The summed E-state index contributed by atoms with van der Waals surface area (Å²) in [5.41, 5.74) is 1.36. The molecule has 0 saturated heterocycles. The molecular formula is C16H12FN3O. The van der Waals surface area contributed by atoms with Gasteiger partial charge < -0.3 is 5.32 Å². The number of hydrogen-bond donors (Lipinski definition) is 1. The molecule has 0 radical (unpaired) electrons. The van der Waals surface area contributed by atoms with Gasteiger partial charge in [0.1, 0.15) is 5.82 Å². The van der Waals surface area contributed by atoms with Crippen molar-refractivity contribution in [2.75, 3.05) is 5.32 Å². The van der Waals surface area contributed by atoms with Crippen molar-refractivity contribution in [3.63, 3.8) is 0 Å². The minimum atomic E-state index is -0.464. The van der Waals surface area contributed by atoms with E-state index in [0.717, 1.165) is 5.69 Å². The van der Waals surface area contributed by atoms with Gasteiger partial charge in [0.25, 0.3) is 5.91 Å². The predicted octanol–water partition coefficient (Wildman–Crippen LogP) is 3.26. The van der Waals surface area contributed by atoms with Gasteiger partial charge in [-0.1, -0.05) is 18.2 Å². The Labute approximate surface area is 120 Å². The second kappa shape index (κ2) is 5.58. The van der Waals surface area contributed by atoms with Gasteiger partial charge in [0, 0.05) is 18.0 Å². The quantitative estimate of drug-likeness (QED) is 0.801. The number of carbonyl (C=O) groups is 1. The lowest BCUT2D eigenvalue weighted by Gasteiger charge is -2.08. The molecule has 1 heterocycles. The van der Waals surface area contributed by atoms with Crippen LogP contribution in [0.2, 0.25) is 0 Å². The molecule has 0 atom stereocenters. The maximum atomic E-state index is 13.5. The molecule has 1 aromatic heterocycles. The van der Waals surface area contributed by atoms with E-state index in [4.69, 9.17) is 0 Å². The summed E-state index contributed by atoms with van der Waals surface area (Å²) in [5, 5.41) is 6.67. The zero-order valence-electron chi connectivity index (χ0n) is 11.0. The van der Waals surface area contributed by atoms with E-state index in [-0.39, 0.29) is 11.6 Å². The molecule has 0 aliphatic rings.